The molecule has 21 heavy (non-hydrogen) atoms. The van der Waals surface area contributed by atoms with E-state index in [1.807, 2.05) is 18.7 Å². The van der Waals surface area contributed by atoms with Gasteiger partial charge in [0, 0.05) is 12.6 Å². The van der Waals surface area contributed by atoms with Crippen molar-refractivity contribution in [2.45, 2.75) is 71.9 Å². The fourth-order valence-corrected chi connectivity index (χ4v) is 2.91. The number of nitrogens with one attached hydrogen (secondary N) is 1. The molecule has 0 saturated heterocycles. The molecule has 1 aliphatic carbocycles. The van der Waals surface area contributed by atoms with Gasteiger partial charge < -0.3 is 15.3 Å². The van der Waals surface area contributed by atoms with E-state index >= 15 is 0 Å². The van der Waals surface area contributed by atoms with E-state index in [-0.39, 0.29) is 18.0 Å². The van der Waals surface area contributed by atoms with Gasteiger partial charge in [-0.15, -0.1) is 0 Å². The van der Waals surface area contributed by atoms with Crippen LogP contribution >= 0.6 is 0 Å². The summed E-state index contributed by atoms with van der Waals surface area (Å²) in [6.07, 6.45) is 5.09. The van der Waals surface area contributed by atoms with Crippen LogP contribution in [0.1, 0.15) is 59.8 Å². The van der Waals surface area contributed by atoms with Crippen LogP contribution in [0.4, 0.5) is 4.79 Å². The molecule has 2 atom stereocenters. The van der Waals surface area contributed by atoms with Crippen molar-refractivity contribution < 1.29 is 14.7 Å². The number of hydrogen-bond acceptors (Lipinski definition) is 2. The number of urea groups is 1. The average molecular weight is 298 g/mol. The number of carboxylic acids is 1. The van der Waals surface area contributed by atoms with Crippen molar-refractivity contribution in [1.29, 1.82) is 0 Å². The minimum atomic E-state index is -0.950. The van der Waals surface area contributed by atoms with Crippen LogP contribution in [0.3, 0.4) is 0 Å². The van der Waals surface area contributed by atoms with Gasteiger partial charge in [0.1, 0.15) is 6.04 Å². The monoisotopic (exact) mass is 298 g/mol. The van der Waals surface area contributed by atoms with Gasteiger partial charge in [-0.3, -0.25) is 0 Å². The molecule has 5 heteroatoms. The first-order valence-electron chi connectivity index (χ1n) is 8.16. The normalized spacial score (nSPS) is 18.5. The Labute approximate surface area is 128 Å². The van der Waals surface area contributed by atoms with Gasteiger partial charge in [0.2, 0.25) is 0 Å². The molecule has 0 heterocycles. The lowest BCUT2D eigenvalue weighted by Crippen LogP contribution is -2.53. The molecule has 0 aromatic carbocycles. The van der Waals surface area contributed by atoms with Crippen LogP contribution < -0.4 is 5.32 Å². The molecule has 122 valence electrons. The number of rotatable bonds is 7. The van der Waals surface area contributed by atoms with E-state index in [1.54, 1.807) is 0 Å². The van der Waals surface area contributed by atoms with E-state index in [4.69, 9.17) is 0 Å². The van der Waals surface area contributed by atoms with Crippen molar-refractivity contribution in [1.82, 2.24) is 10.2 Å². The maximum Gasteiger partial charge on any atom is 0.326 e. The highest BCUT2D eigenvalue weighted by Gasteiger charge is 2.31. The van der Waals surface area contributed by atoms with E-state index in [0.29, 0.717) is 12.5 Å². The molecule has 1 unspecified atom stereocenters. The van der Waals surface area contributed by atoms with E-state index in [0.717, 1.165) is 32.1 Å². The predicted molar refractivity (Wildman–Crippen MR) is 83.2 cm³/mol. The highest BCUT2D eigenvalue weighted by atomic mass is 16.4. The van der Waals surface area contributed by atoms with Crippen molar-refractivity contribution in [3.63, 3.8) is 0 Å². The largest absolute Gasteiger partial charge is 0.480 e. The van der Waals surface area contributed by atoms with Crippen LogP contribution in [-0.4, -0.2) is 40.6 Å². The fourth-order valence-electron chi connectivity index (χ4n) is 2.91. The average Bonchev–Trinajstić information content (AvgIpc) is 2.94. The summed E-state index contributed by atoms with van der Waals surface area (Å²) >= 11 is 0. The van der Waals surface area contributed by atoms with Crippen LogP contribution in [0, 0.1) is 11.8 Å². The molecule has 2 N–H and O–H groups in total. The zero-order valence-electron chi connectivity index (χ0n) is 13.8. The summed E-state index contributed by atoms with van der Waals surface area (Å²) in [5.41, 5.74) is 0. The molecule has 0 radical (unpaired) electrons. The van der Waals surface area contributed by atoms with Gasteiger partial charge in [0.05, 0.1) is 0 Å². The summed E-state index contributed by atoms with van der Waals surface area (Å²) < 4.78 is 0. The van der Waals surface area contributed by atoms with Gasteiger partial charge in [-0.25, -0.2) is 9.59 Å². The highest BCUT2D eigenvalue weighted by molar-refractivity contribution is 5.83. The minimum absolute atomic E-state index is 0.0732. The first-order valence-corrected chi connectivity index (χ1v) is 8.16. The summed E-state index contributed by atoms with van der Waals surface area (Å²) in [5, 5.41) is 12.1. The lowest BCUT2D eigenvalue weighted by Gasteiger charge is -2.32. The Morgan fingerprint density at radius 3 is 2.24 bits per heavy atom. The van der Waals surface area contributed by atoms with Crippen LogP contribution in [-0.2, 0) is 4.79 Å². The molecule has 1 aliphatic rings. The summed E-state index contributed by atoms with van der Waals surface area (Å²) in [6, 6.07) is -0.763. The second-order valence-corrected chi connectivity index (χ2v) is 6.64. The molecule has 0 aromatic heterocycles. The van der Waals surface area contributed by atoms with Crippen molar-refractivity contribution >= 4 is 12.0 Å². The van der Waals surface area contributed by atoms with Crippen LogP contribution in [0.15, 0.2) is 0 Å². The van der Waals surface area contributed by atoms with Gasteiger partial charge in [-0.05, 0) is 24.7 Å². The minimum Gasteiger partial charge on any atom is -0.480 e. The third-order valence-corrected chi connectivity index (χ3v) is 4.35. The van der Waals surface area contributed by atoms with E-state index in [1.165, 1.54) is 0 Å². The fraction of sp³-hybridized carbons (Fsp3) is 0.875. The smallest absolute Gasteiger partial charge is 0.326 e. The Morgan fingerprint density at radius 2 is 1.81 bits per heavy atom. The van der Waals surface area contributed by atoms with Gasteiger partial charge in [0.25, 0.3) is 0 Å². The zero-order valence-corrected chi connectivity index (χ0v) is 13.8. The second-order valence-electron chi connectivity index (χ2n) is 6.64. The number of carbonyl (C=O) groups is 2. The number of hydrogen-bond donors (Lipinski definition) is 2. The van der Waals surface area contributed by atoms with Crippen molar-refractivity contribution in [3.05, 3.63) is 0 Å². The second kappa shape index (κ2) is 8.25. The SMILES string of the molecule is CCC(C)[C@H](NC(=O)N(CC(C)C)C1CCCC1)C(=O)O. The number of carbonyl (C=O) groups excluding carboxylic acids is 1. The molecule has 1 fully saturated rings. The molecule has 1 rings (SSSR count). The van der Waals surface area contributed by atoms with Gasteiger partial charge >= 0.3 is 12.0 Å². The molecule has 0 spiro atoms. The molecule has 1 saturated carbocycles. The molecule has 0 bridgehead atoms. The number of amides is 2. The molecule has 0 aliphatic heterocycles. The van der Waals surface area contributed by atoms with Gasteiger partial charge in [0.15, 0.2) is 0 Å². The first-order chi connectivity index (χ1) is 9.86. The summed E-state index contributed by atoms with van der Waals surface area (Å²) in [6.45, 7) is 8.65. The molecular formula is C16H30N2O3. The van der Waals surface area contributed by atoms with Crippen LogP contribution in [0.2, 0.25) is 0 Å². The molecule has 5 nitrogen and oxygen atoms in total. The van der Waals surface area contributed by atoms with Crippen LogP contribution in [0.5, 0.6) is 0 Å². The molecular weight excluding hydrogens is 268 g/mol. The Hall–Kier alpha value is -1.26. The Balaban J connectivity index is 2.76. The van der Waals surface area contributed by atoms with Crippen molar-refractivity contribution in [3.8, 4) is 0 Å². The third kappa shape index (κ3) is 5.21. The zero-order chi connectivity index (χ0) is 16.0. The highest BCUT2D eigenvalue weighted by Crippen LogP contribution is 2.24. The van der Waals surface area contributed by atoms with E-state index < -0.39 is 12.0 Å². The molecule has 2 amide bonds. The van der Waals surface area contributed by atoms with Gasteiger partial charge in [-0.1, -0.05) is 47.0 Å². The lowest BCUT2D eigenvalue weighted by atomic mass is 9.99. The topological polar surface area (TPSA) is 69.6 Å². The predicted octanol–water partition coefficient (Wildman–Crippen LogP) is 3.10. The maximum absolute atomic E-state index is 12.6. The standard InChI is InChI=1S/C16H30N2O3/c1-5-12(4)14(15(19)20)17-16(21)18(10-11(2)3)13-8-6-7-9-13/h11-14H,5-10H2,1-4H3,(H,17,21)(H,19,20)/t12?,14-/m0/s1. The first kappa shape index (κ1) is 17.8. The lowest BCUT2D eigenvalue weighted by molar-refractivity contribution is -0.140. The van der Waals surface area contributed by atoms with Crippen LogP contribution in [0.25, 0.3) is 0 Å². The summed E-state index contributed by atoms with van der Waals surface area (Å²) in [4.78, 5) is 25.8. The summed E-state index contributed by atoms with van der Waals surface area (Å²) in [5.74, 6) is -0.646. The Kier molecular flexibility index (Phi) is 6.99. The van der Waals surface area contributed by atoms with E-state index in [2.05, 4.69) is 19.2 Å². The number of carboxylic acid groups (broad SMARTS) is 1. The number of aliphatic carboxylic acids is 1. The molecule has 0 aromatic rings. The summed E-state index contributed by atoms with van der Waals surface area (Å²) in [7, 11) is 0. The maximum atomic E-state index is 12.6. The van der Waals surface area contributed by atoms with Gasteiger partial charge in [-0.2, -0.15) is 0 Å². The third-order valence-electron chi connectivity index (χ3n) is 4.35. The Morgan fingerprint density at radius 1 is 1.24 bits per heavy atom. The van der Waals surface area contributed by atoms with Crippen molar-refractivity contribution in [2.75, 3.05) is 6.54 Å². The number of nitrogens with zero attached hydrogens (tertiary/aromatic N) is 1. The Bertz CT molecular complexity index is 351. The van der Waals surface area contributed by atoms with E-state index in [9.17, 15) is 14.7 Å². The van der Waals surface area contributed by atoms with Crippen molar-refractivity contribution in [2.24, 2.45) is 11.8 Å². The quantitative estimate of drug-likeness (QED) is 0.759.